The molecule has 4 rings (SSSR count). The summed E-state index contributed by atoms with van der Waals surface area (Å²) in [7, 11) is 1.62. The van der Waals surface area contributed by atoms with Crippen LogP contribution in [0.3, 0.4) is 0 Å². The van der Waals surface area contributed by atoms with Crippen molar-refractivity contribution in [3.63, 3.8) is 0 Å². The number of ether oxygens (including phenoxy) is 1. The highest BCUT2D eigenvalue weighted by Crippen LogP contribution is 2.29. The fraction of sp³-hybridized carbons (Fsp3) is 0.360. The van der Waals surface area contributed by atoms with Gasteiger partial charge in [0.15, 0.2) is 4.84 Å². The lowest BCUT2D eigenvalue weighted by molar-refractivity contribution is -0.140. The van der Waals surface area contributed by atoms with Gasteiger partial charge in [-0.15, -0.1) is 0 Å². The number of hydrogen-bond donors (Lipinski definition) is 1. The van der Waals surface area contributed by atoms with Crippen LogP contribution in [0.25, 0.3) is 10.9 Å². The van der Waals surface area contributed by atoms with E-state index in [9.17, 15) is 9.59 Å². The van der Waals surface area contributed by atoms with Crippen molar-refractivity contribution in [2.45, 2.75) is 36.7 Å². The van der Waals surface area contributed by atoms with E-state index in [1.54, 1.807) is 12.0 Å². The van der Waals surface area contributed by atoms with Crippen LogP contribution in [0.1, 0.15) is 24.0 Å². The Labute approximate surface area is 203 Å². The van der Waals surface area contributed by atoms with Crippen LogP contribution in [0.2, 0.25) is 0 Å². The van der Waals surface area contributed by atoms with Crippen molar-refractivity contribution in [1.82, 2.24) is 14.8 Å². The third-order valence-electron chi connectivity index (χ3n) is 6.00. The number of fused-ring (bicyclic) bond motifs is 1. The number of nitrogens with one attached hydrogen (secondary N) is 1. The Balaban J connectivity index is 1.54. The zero-order valence-electron chi connectivity index (χ0n) is 18.5. The number of rotatable bonds is 10. The number of para-hydroxylation sites is 2. The van der Waals surface area contributed by atoms with E-state index in [1.807, 2.05) is 48.7 Å². The van der Waals surface area contributed by atoms with Crippen molar-refractivity contribution in [2.24, 2.45) is 0 Å². The van der Waals surface area contributed by atoms with Crippen LogP contribution in [0, 0.1) is 0 Å². The molecule has 2 amide bonds. The quantitative estimate of drug-likeness (QED) is 0.426. The second kappa shape index (κ2) is 10.5. The summed E-state index contributed by atoms with van der Waals surface area (Å²) in [5.41, 5.74) is 3.11. The molecule has 0 radical (unpaired) electrons. The first kappa shape index (κ1) is 23.5. The van der Waals surface area contributed by atoms with E-state index in [2.05, 4.69) is 11.1 Å². The Bertz CT molecular complexity index is 1130. The lowest BCUT2D eigenvalue weighted by atomic mass is 10.1. The normalized spacial score (nSPS) is 13.3. The molecule has 1 heterocycles. The third-order valence-corrected chi connectivity index (χ3v) is 6.37. The number of aromatic nitrogens is 1. The lowest BCUT2D eigenvalue weighted by Gasteiger charge is -2.28. The number of nitrogens with zero attached hydrogens (tertiary/aromatic N) is 2. The van der Waals surface area contributed by atoms with E-state index >= 15 is 0 Å². The van der Waals surface area contributed by atoms with Crippen LogP contribution in [0.15, 0.2) is 54.7 Å². The zero-order valence-corrected chi connectivity index (χ0v) is 20.0. The standard InChI is InChI=1S/C25H27Cl2N3O3/c1-33-22-9-5-2-6-18(22)15-29(13-12-17-14-28-21-8-4-3-7-20(17)21)23(31)16-30(19-10-11-19)25(32)24(26)27/h2-9,14,19,24,28H,10-13,15-16H2,1H3. The van der Waals surface area contributed by atoms with Crippen LogP contribution in [-0.4, -0.2) is 57.7 Å². The molecule has 3 aromatic rings. The molecule has 1 aliphatic carbocycles. The highest BCUT2D eigenvalue weighted by atomic mass is 35.5. The molecule has 8 heteroatoms. The number of hydrogen-bond acceptors (Lipinski definition) is 3. The van der Waals surface area contributed by atoms with Crippen molar-refractivity contribution in [1.29, 1.82) is 0 Å². The Morgan fingerprint density at radius 3 is 2.55 bits per heavy atom. The van der Waals surface area contributed by atoms with E-state index < -0.39 is 10.7 Å². The fourth-order valence-electron chi connectivity index (χ4n) is 4.07. The molecule has 2 aromatic carbocycles. The summed E-state index contributed by atoms with van der Waals surface area (Å²) in [6.07, 6.45) is 4.39. The Kier molecular flexibility index (Phi) is 7.46. The van der Waals surface area contributed by atoms with Crippen LogP contribution >= 0.6 is 23.2 Å². The van der Waals surface area contributed by atoms with Gasteiger partial charge in [0.2, 0.25) is 5.91 Å². The van der Waals surface area contributed by atoms with Crippen LogP contribution in [0.5, 0.6) is 5.75 Å². The second-order valence-corrected chi connectivity index (χ2v) is 9.33. The summed E-state index contributed by atoms with van der Waals surface area (Å²) in [6.45, 7) is 0.835. The molecular formula is C25H27Cl2N3O3. The van der Waals surface area contributed by atoms with Crippen molar-refractivity contribution in [2.75, 3.05) is 20.2 Å². The first-order valence-electron chi connectivity index (χ1n) is 11.0. The molecule has 174 valence electrons. The predicted octanol–water partition coefficient (Wildman–Crippen LogP) is 4.54. The van der Waals surface area contributed by atoms with Gasteiger partial charge in [-0.25, -0.2) is 0 Å². The highest BCUT2D eigenvalue weighted by Gasteiger charge is 2.36. The van der Waals surface area contributed by atoms with Gasteiger partial charge in [-0.1, -0.05) is 59.6 Å². The number of benzene rings is 2. The number of alkyl halides is 2. The number of methoxy groups -OCH3 is 1. The first-order valence-corrected chi connectivity index (χ1v) is 11.9. The Morgan fingerprint density at radius 2 is 1.82 bits per heavy atom. The monoisotopic (exact) mass is 487 g/mol. The minimum atomic E-state index is -1.17. The van der Waals surface area contributed by atoms with Crippen molar-refractivity contribution in [3.8, 4) is 5.75 Å². The number of carbonyl (C=O) groups is 2. The molecule has 33 heavy (non-hydrogen) atoms. The number of halogens is 2. The molecule has 1 saturated carbocycles. The summed E-state index contributed by atoms with van der Waals surface area (Å²) >= 11 is 11.7. The summed E-state index contributed by atoms with van der Waals surface area (Å²) in [4.78, 5) is 31.3. The zero-order chi connectivity index (χ0) is 23.4. The van der Waals surface area contributed by atoms with Crippen molar-refractivity contribution >= 4 is 45.9 Å². The SMILES string of the molecule is COc1ccccc1CN(CCc1c[nH]c2ccccc12)C(=O)CN(C(=O)C(Cl)Cl)C1CC1. The lowest BCUT2D eigenvalue weighted by Crippen LogP contribution is -2.46. The number of H-pyrrole nitrogens is 1. The average molecular weight is 488 g/mol. The predicted molar refractivity (Wildman–Crippen MR) is 131 cm³/mol. The number of amides is 2. The third kappa shape index (κ3) is 5.63. The van der Waals surface area contributed by atoms with Gasteiger partial charge >= 0.3 is 0 Å². The Morgan fingerprint density at radius 1 is 1.09 bits per heavy atom. The minimum Gasteiger partial charge on any atom is -0.496 e. The van der Waals surface area contributed by atoms with Gasteiger partial charge in [-0.05, 0) is 37.0 Å². The van der Waals surface area contributed by atoms with Gasteiger partial charge in [-0.3, -0.25) is 9.59 Å². The van der Waals surface area contributed by atoms with E-state index in [4.69, 9.17) is 27.9 Å². The molecule has 0 saturated heterocycles. The van der Waals surface area contributed by atoms with Gasteiger partial charge in [0.25, 0.3) is 5.91 Å². The fourth-order valence-corrected chi connectivity index (χ4v) is 4.32. The largest absolute Gasteiger partial charge is 0.496 e. The van der Waals surface area contributed by atoms with E-state index in [-0.39, 0.29) is 18.5 Å². The van der Waals surface area contributed by atoms with Crippen molar-refractivity contribution < 1.29 is 14.3 Å². The molecule has 0 aliphatic heterocycles. The molecular weight excluding hydrogens is 461 g/mol. The molecule has 0 spiro atoms. The molecule has 1 N–H and O–H groups in total. The molecule has 6 nitrogen and oxygen atoms in total. The summed E-state index contributed by atoms with van der Waals surface area (Å²) in [6, 6.07) is 15.8. The van der Waals surface area contributed by atoms with E-state index in [0.29, 0.717) is 19.5 Å². The van der Waals surface area contributed by atoms with Crippen LogP contribution < -0.4 is 4.74 Å². The average Bonchev–Trinajstić information content (AvgIpc) is 3.59. The molecule has 1 fully saturated rings. The van der Waals surface area contributed by atoms with Crippen molar-refractivity contribution in [3.05, 3.63) is 65.9 Å². The minimum absolute atomic E-state index is 0.0307. The van der Waals surface area contributed by atoms with Gasteiger partial charge in [0.1, 0.15) is 12.3 Å². The van der Waals surface area contributed by atoms with E-state index in [0.717, 1.165) is 40.6 Å². The molecule has 0 bridgehead atoms. The van der Waals surface area contributed by atoms with Gasteiger partial charge in [0.05, 0.1) is 7.11 Å². The van der Waals surface area contributed by atoms with Gasteiger partial charge in [0, 0.05) is 41.8 Å². The number of aromatic amines is 1. The number of carbonyl (C=O) groups excluding carboxylic acids is 2. The molecule has 1 aromatic heterocycles. The topological polar surface area (TPSA) is 65.6 Å². The summed E-state index contributed by atoms with van der Waals surface area (Å²) in [5, 5.41) is 1.14. The van der Waals surface area contributed by atoms with Gasteiger partial charge in [-0.2, -0.15) is 0 Å². The highest BCUT2D eigenvalue weighted by molar-refractivity contribution is 6.53. The first-order chi connectivity index (χ1) is 16.0. The summed E-state index contributed by atoms with van der Waals surface area (Å²) in [5.74, 6) is 0.164. The van der Waals surface area contributed by atoms with Crippen LogP contribution in [0.4, 0.5) is 0 Å². The molecule has 0 unspecified atom stereocenters. The van der Waals surface area contributed by atoms with E-state index in [1.165, 1.54) is 4.90 Å². The molecule has 1 aliphatic rings. The van der Waals surface area contributed by atoms with Crippen LogP contribution in [-0.2, 0) is 22.6 Å². The molecule has 0 atom stereocenters. The Hall–Kier alpha value is -2.70. The van der Waals surface area contributed by atoms with Gasteiger partial charge < -0.3 is 19.5 Å². The maximum atomic E-state index is 13.4. The smallest absolute Gasteiger partial charge is 0.256 e. The second-order valence-electron chi connectivity index (χ2n) is 8.23. The maximum Gasteiger partial charge on any atom is 0.256 e. The summed E-state index contributed by atoms with van der Waals surface area (Å²) < 4.78 is 5.49. The maximum absolute atomic E-state index is 13.4.